The summed E-state index contributed by atoms with van der Waals surface area (Å²) in [4.78, 5) is 26.7. The fourth-order valence-corrected chi connectivity index (χ4v) is 4.51. The first-order valence-electron chi connectivity index (χ1n) is 12.7. The van der Waals surface area contributed by atoms with E-state index in [1.165, 1.54) is 32.4 Å². The van der Waals surface area contributed by atoms with E-state index in [4.69, 9.17) is 9.47 Å². The number of ether oxygens (including phenoxy) is 2. The van der Waals surface area contributed by atoms with Crippen molar-refractivity contribution in [1.29, 1.82) is 0 Å². The van der Waals surface area contributed by atoms with Crippen LogP contribution in [0.15, 0.2) is 65.6 Å². The number of piperidine rings is 1. The Hall–Kier alpha value is -4.11. The molecule has 9 heteroatoms. The quantitative estimate of drug-likeness (QED) is 0.259. The van der Waals surface area contributed by atoms with E-state index >= 15 is 0 Å². The van der Waals surface area contributed by atoms with Gasteiger partial charge in [0.2, 0.25) is 5.95 Å². The second-order valence-corrected chi connectivity index (χ2v) is 9.08. The molecule has 0 atom stereocenters. The van der Waals surface area contributed by atoms with E-state index in [0.29, 0.717) is 35.6 Å². The van der Waals surface area contributed by atoms with Crippen molar-refractivity contribution >= 4 is 34.0 Å². The smallest absolute Gasteiger partial charge is 0.272 e. The first kappa shape index (κ1) is 24.6. The van der Waals surface area contributed by atoms with E-state index in [-0.39, 0.29) is 5.56 Å². The monoisotopic (exact) mass is 500 g/mol. The number of para-hydroxylation sites is 1. The molecule has 9 nitrogen and oxygen atoms in total. The molecule has 0 radical (unpaired) electrons. The minimum absolute atomic E-state index is 0.219. The Morgan fingerprint density at radius 2 is 1.86 bits per heavy atom. The zero-order valence-corrected chi connectivity index (χ0v) is 21.0. The Labute approximate surface area is 215 Å². The van der Waals surface area contributed by atoms with Crippen LogP contribution >= 0.6 is 0 Å². The van der Waals surface area contributed by atoms with Gasteiger partial charge in [-0.05, 0) is 62.7 Å². The van der Waals surface area contributed by atoms with Gasteiger partial charge >= 0.3 is 0 Å². The van der Waals surface area contributed by atoms with Crippen LogP contribution in [0.3, 0.4) is 0 Å². The van der Waals surface area contributed by atoms with E-state index in [1.807, 2.05) is 42.5 Å². The van der Waals surface area contributed by atoms with E-state index < -0.39 is 0 Å². The summed E-state index contributed by atoms with van der Waals surface area (Å²) in [5.74, 6) is 2.23. The van der Waals surface area contributed by atoms with Crippen LogP contribution in [-0.2, 0) is 0 Å². The second-order valence-electron chi connectivity index (χ2n) is 9.08. The summed E-state index contributed by atoms with van der Waals surface area (Å²) in [6, 6.07) is 16.8. The van der Waals surface area contributed by atoms with Gasteiger partial charge in [0.15, 0.2) is 11.5 Å². The van der Waals surface area contributed by atoms with E-state index in [1.54, 1.807) is 25.4 Å². The third kappa shape index (κ3) is 6.37. The van der Waals surface area contributed by atoms with Gasteiger partial charge in [-0.2, -0.15) is 4.98 Å². The lowest BCUT2D eigenvalue weighted by atomic mass is 10.1. The third-order valence-electron chi connectivity index (χ3n) is 6.42. The van der Waals surface area contributed by atoms with E-state index in [9.17, 15) is 4.79 Å². The SMILES string of the molecule is COc1cc(Nc2nccc(Nc3cc4ccccc4[nH]c3=O)n2)ccc1OCCCN1CCCCC1. The van der Waals surface area contributed by atoms with Crippen molar-refractivity contribution in [3.05, 3.63) is 71.1 Å². The van der Waals surface area contributed by atoms with Crippen LogP contribution in [-0.4, -0.2) is 53.2 Å². The molecule has 3 N–H and O–H groups in total. The Balaban J connectivity index is 1.21. The minimum atomic E-state index is -0.219. The van der Waals surface area contributed by atoms with Gasteiger partial charge in [-0.25, -0.2) is 4.98 Å². The van der Waals surface area contributed by atoms with Crippen LogP contribution in [0.2, 0.25) is 0 Å². The van der Waals surface area contributed by atoms with Gasteiger partial charge in [-0.3, -0.25) is 4.79 Å². The molecule has 0 saturated carbocycles. The maximum atomic E-state index is 12.5. The predicted octanol–water partition coefficient (Wildman–Crippen LogP) is 5.07. The normalized spacial score (nSPS) is 13.9. The Bertz CT molecular complexity index is 1400. The summed E-state index contributed by atoms with van der Waals surface area (Å²) in [5.41, 5.74) is 1.74. The van der Waals surface area contributed by atoms with E-state index in [0.717, 1.165) is 29.6 Å². The number of H-pyrrole nitrogens is 1. The maximum absolute atomic E-state index is 12.5. The number of likely N-dealkylation sites (tertiary alicyclic amines) is 1. The summed E-state index contributed by atoms with van der Waals surface area (Å²) in [6.45, 7) is 4.10. The summed E-state index contributed by atoms with van der Waals surface area (Å²) >= 11 is 0. The molecule has 3 heterocycles. The molecular weight excluding hydrogens is 468 g/mol. The lowest BCUT2D eigenvalue weighted by Gasteiger charge is -2.26. The molecule has 0 amide bonds. The van der Waals surface area contributed by atoms with Gasteiger partial charge in [-0.1, -0.05) is 24.6 Å². The van der Waals surface area contributed by atoms with Crippen molar-refractivity contribution in [3.63, 3.8) is 0 Å². The Morgan fingerprint density at radius 3 is 2.73 bits per heavy atom. The summed E-state index contributed by atoms with van der Waals surface area (Å²) in [6.07, 6.45) is 6.56. The molecule has 192 valence electrons. The molecule has 0 aliphatic carbocycles. The number of rotatable bonds is 10. The Morgan fingerprint density at radius 1 is 1.00 bits per heavy atom. The standard InChI is InChI=1S/C28H32N6O3/c1-36-25-19-21(10-11-24(25)37-17-7-16-34-14-5-2-6-15-34)30-28-29-13-12-26(33-28)31-23-18-20-8-3-4-9-22(20)32-27(23)35/h3-4,8-13,18-19H,2,5-7,14-17H2,1H3,(H,32,35)(H2,29,30,31,33). The van der Waals surface area contributed by atoms with Gasteiger partial charge < -0.3 is 30.0 Å². The van der Waals surface area contributed by atoms with Crippen LogP contribution in [0.4, 0.5) is 23.1 Å². The first-order valence-corrected chi connectivity index (χ1v) is 12.7. The molecule has 37 heavy (non-hydrogen) atoms. The minimum Gasteiger partial charge on any atom is -0.493 e. The van der Waals surface area contributed by atoms with Gasteiger partial charge in [-0.15, -0.1) is 0 Å². The largest absolute Gasteiger partial charge is 0.493 e. The van der Waals surface area contributed by atoms with Gasteiger partial charge in [0.05, 0.1) is 13.7 Å². The number of benzene rings is 2. The molecule has 0 spiro atoms. The van der Waals surface area contributed by atoms with Crippen molar-refractivity contribution in [3.8, 4) is 11.5 Å². The topological polar surface area (TPSA) is 104 Å². The molecule has 4 aromatic rings. The summed E-state index contributed by atoms with van der Waals surface area (Å²) < 4.78 is 11.6. The molecule has 2 aromatic heterocycles. The second kappa shape index (κ2) is 11.7. The number of hydrogen-bond donors (Lipinski definition) is 3. The van der Waals surface area contributed by atoms with Crippen molar-refractivity contribution in [1.82, 2.24) is 19.9 Å². The number of fused-ring (bicyclic) bond motifs is 1. The number of methoxy groups -OCH3 is 1. The zero-order valence-electron chi connectivity index (χ0n) is 21.0. The highest BCUT2D eigenvalue weighted by Gasteiger charge is 2.11. The predicted molar refractivity (Wildman–Crippen MR) is 147 cm³/mol. The number of nitrogens with one attached hydrogen (secondary N) is 3. The first-order chi connectivity index (χ1) is 18.2. The highest BCUT2D eigenvalue weighted by Crippen LogP contribution is 2.31. The molecule has 0 unspecified atom stereocenters. The van der Waals surface area contributed by atoms with Gasteiger partial charge in [0.25, 0.3) is 5.56 Å². The maximum Gasteiger partial charge on any atom is 0.272 e. The highest BCUT2D eigenvalue weighted by molar-refractivity contribution is 5.82. The molecule has 1 saturated heterocycles. The van der Waals surface area contributed by atoms with Gasteiger partial charge in [0.1, 0.15) is 11.5 Å². The van der Waals surface area contributed by atoms with Crippen LogP contribution in [0, 0.1) is 0 Å². The molecule has 2 aromatic carbocycles. The fraction of sp³-hybridized carbons (Fsp3) is 0.321. The lowest BCUT2D eigenvalue weighted by Crippen LogP contribution is -2.31. The van der Waals surface area contributed by atoms with Crippen molar-refractivity contribution in [2.24, 2.45) is 0 Å². The molecule has 0 bridgehead atoms. The average molecular weight is 501 g/mol. The van der Waals surface area contributed by atoms with Crippen LogP contribution in [0.25, 0.3) is 10.9 Å². The Kier molecular flexibility index (Phi) is 7.81. The van der Waals surface area contributed by atoms with Crippen molar-refractivity contribution in [2.75, 3.05) is 44.0 Å². The third-order valence-corrected chi connectivity index (χ3v) is 6.42. The molecule has 1 aliphatic heterocycles. The molecule has 5 rings (SSSR count). The number of aromatic amines is 1. The highest BCUT2D eigenvalue weighted by atomic mass is 16.5. The number of pyridine rings is 1. The summed E-state index contributed by atoms with van der Waals surface area (Å²) in [5, 5.41) is 7.22. The van der Waals surface area contributed by atoms with Gasteiger partial charge in [0, 0.05) is 35.4 Å². The molecule has 1 aliphatic rings. The average Bonchev–Trinajstić information content (AvgIpc) is 2.93. The number of hydrogen-bond acceptors (Lipinski definition) is 8. The number of nitrogens with zero attached hydrogens (tertiary/aromatic N) is 3. The fourth-order valence-electron chi connectivity index (χ4n) is 4.51. The van der Waals surface area contributed by atoms with Crippen LogP contribution in [0.1, 0.15) is 25.7 Å². The molecular formula is C28H32N6O3. The van der Waals surface area contributed by atoms with Crippen LogP contribution < -0.4 is 25.7 Å². The lowest BCUT2D eigenvalue weighted by molar-refractivity contribution is 0.203. The summed E-state index contributed by atoms with van der Waals surface area (Å²) in [7, 11) is 1.63. The van der Waals surface area contributed by atoms with Crippen LogP contribution in [0.5, 0.6) is 11.5 Å². The van der Waals surface area contributed by atoms with E-state index in [2.05, 4.69) is 30.5 Å². The zero-order chi connectivity index (χ0) is 25.5. The van der Waals surface area contributed by atoms with Crippen molar-refractivity contribution < 1.29 is 9.47 Å². The van der Waals surface area contributed by atoms with Crippen molar-refractivity contribution in [2.45, 2.75) is 25.7 Å². The molecule has 1 fully saturated rings. The number of anilines is 4. The number of aromatic nitrogens is 3.